The van der Waals surface area contributed by atoms with E-state index in [2.05, 4.69) is 16.1 Å². The van der Waals surface area contributed by atoms with Crippen molar-refractivity contribution in [2.24, 2.45) is 11.0 Å². The zero-order valence-electron chi connectivity index (χ0n) is 19.0. The van der Waals surface area contributed by atoms with Crippen LogP contribution in [0.4, 0.5) is 0 Å². The predicted molar refractivity (Wildman–Crippen MR) is 126 cm³/mol. The fraction of sp³-hybridized carbons (Fsp3) is 0.462. The van der Waals surface area contributed by atoms with Crippen LogP contribution in [0, 0.1) is 5.92 Å². The van der Waals surface area contributed by atoms with Crippen LogP contribution in [-0.4, -0.2) is 40.7 Å². The summed E-state index contributed by atoms with van der Waals surface area (Å²) in [5.41, 5.74) is 9.84. The van der Waals surface area contributed by atoms with Gasteiger partial charge in [-0.25, -0.2) is 0 Å². The van der Waals surface area contributed by atoms with E-state index >= 15 is 0 Å². The maximum atomic E-state index is 10.8. The number of rotatable bonds is 9. The maximum Gasteiger partial charge on any atom is 0.133 e. The Morgan fingerprint density at radius 3 is 2.79 bits per heavy atom. The molecule has 1 heterocycles. The van der Waals surface area contributed by atoms with Crippen molar-refractivity contribution in [1.82, 2.24) is 0 Å². The molecule has 2 aromatic rings. The van der Waals surface area contributed by atoms with E-state index in [1.165, 1.54) is 0 Å². The molecule has 1 aliphatic heterocycles. The molecule has 2 N–H and O–H groups in total. The number of hydrogen-bond donors (Lipinski definition) is 2. The molecule has 5 atom stereocenters. The standard InChI is InChI=1S/C26H31N3O4/c1-26(2,33-18-10-4-3-5-11-18)23(31)14-13-19-21(30)16-22-24(19)20-12-6-8-17(25(20)32-22)9-7-15-28-29-27/h3-6,8,10-14,19,21-24,30-31H,7,9,15-16H2,1-2H3/b14-13+/t19-,21+,22-,23-,24-/m0/s1. The highest BCUT2D eigenvalue weighted by Crippen LogP contribution is 2.52. The number of aryl methyl sites for hydroxylation is 1. The van der Waals surface area contributed by atoms with Crippen LogP contribution in [0.1, 0.15) is 43.7 Å². The van der Waals surface area contributed by atoms with Gasteiger partial charge in [0.1, 0.15) is 29.3 Å². The number of fused-ring (bicyclic) bond motifs is 3. The lowest BCUT2D eigenvalue weighted by molar-refractivity contribution is -0.00221. The molecule has 7 heteroatoms. The zero-order valence-corrected chi connectivity index (χ0v) is 19.0. The minimum Gasteiger partial charge on any atom is -0.489 e. The monoisotopic (exact) mass is 449 g/mol. The molecular formula is C26H31N3O4. The first kappa shape index (κ1) is 23.2. The van der Waals surface area contributed by atoms with E-state index < -0.39 is 17.8 Å². The number of ether oxygens (including phenoxy) is 2. The van der Waals surface area contributed by atoms with Crippen molar-refractivity contribution in [2.75, 3.05) is 6.54 Å². The number of azide groups is 1. The smallest absolute Gasteiger partial charge is 0.133 e. The summed E-state index contributed by atoms with van der Waals surface area (Å²) < 4.78 is 12.3. The number of hydrogen-bond acceptors (Lipinski definition) is 5. The molecule has 0 spiro atoms. The Morgan fingerprint density at radius 1 is 1.24 bits per heavy atom. The molecular weight excluding hydrogens is 418 g/mol. The number of para-hydroxylation sites is 2. The Labute approximate surface area is 194 Å². The molecule has 1 saturated carbocycles. The maximum absolute atomic E-state index is 10.8. The summed E-state index contributed by atoms with van der Waals surface area (Å²) in [7, 11) is 0. The van der Waals surface area contributed by atoms with Crippen molar-refractivity contribution < 1.29 is 19.7 Å². The van der Waals surface area contributed by atoms with Gasteiger partial charge in [0.25, 0.3) is 0 Å². The largest absolute Gasteiger partial charge is 0.489 e. The highest BCUT2D eigenvalue weighted by Gasteiger charge is 2.49. The third-order valence-corrected chi connectivity index (χ3v) is 6.61. The van der Waals surface area contributed by atoms with Gasteiger partial charge in [-0.3, -0.25) is 0 Å². The zero-order chi connectivity index (χ0) is 23.4. The first-order valence-corrected chi connectivity index (χ1v) is 11.5. The summed E-state index contributed by atoms with van der Waals surface area (Å²) in [6.07, 6.45) is 4.26. The summed E-state index contributed by atoms with van der Waals surface area (Å²) in [6.45, 7) is 4.15. The fourth-order valence-corrected chi connectivity index (χ4v) is 4.87. The Kier molecular flexibility index (Phi) is 6.94. The van der Waals surface area contributed by atoms with E-state index in [1.807, 2.05) is 62.4 Å². The van der Waals surface area contributed by atoms with Crippen LogP contribution in [0.2, 0.25) is 0 Å². The third kappa shape index (κ3) is 5.01. The Balaban J connectivity index is 1.49. The van der Waals surface area contributed by atoms with Crippen molar-refractivity contribution in [3.63, 3.8) is 0 Å². The van der Waals surface area contributed by atoms with Crippen LogP contribution >= 0.6 is 0 Å². The molecule has 1 fully saturated rings. The summed E-state index contributed by atoms with van der Waals surface area (Å²) in [4.78, 5) is 2.81. The Bertz CT molecular complexity index is 1030. The lowest BCUT2D eigenvalue weighted by atomic mass is 9.86. The summed E-state index contributed by atoms with van der Waals surface area (Å²) in [5, 5.41) is 25.2. The number of benzene rings is 2. The average Bonchev–Trinajstić information content (AvgIpc) is 3.30. The first-order chi connectivity index (χ1) is 15.9. The molecule has 0 saturated heterocycles. The molecule has 33 heavy (non-hydrogen) atoms. The predicted octanol–water partition coefficient (Wildman–Crippen LogP) is 4.93. The van der Waals surface area contributed by atoms with E-state index in [1.54, 1.807) is 6.08 Å². The number of nitrogens with zero attached hydrogens (tertiary/aromatic N) is 3. The molecule has 174 valence electrons. The van der Waals surface area contributed by atoms with Crippen molar-refractivity contribution in [3.05, 3.63) is 82.3 Å². The van der Waals surface area contributed by atoms with Gasteiger partial charge in [-0.05, 0) is 49.9 Å². The van der Waals surface area contributed by atoms with E-state index in [9.17, 15) is 10.2 Å². The van der Waals surface area contributed by atoms with E-state index in [-0.39, 0.29) is 17.9 Å². The minimum atomic E-state index is -0.849. The van der Waals surface area contributed by atoms with Crippen LogP contribution in [0.15, 0.2) is 65.8 Å². The molecule has 4 rings (SSSR count). The molecule has 2 aromatic carbocycles. The second-order valence-electron chi connectivity index (χ2n) is 9.30. The van der Waals surface area contributed by atoms with Crippen molar-refractivity contribution in [3.8, 4) is 11.5 Å². The Morgan fingerprint density at radius 2 is 2.03 bits per heavy atom. The molecule has 2 aliphatic rings. The van der Waals surface area contributed by atoms with Crippen LogP contribution in [-0.2, 0) is 6.42 Å². The second kappa shape index (κ2) is 9.87. The van der Waals surface area contributed by atoms with E-state index in [0.29, 0.717) is 18.7 Å². The highest BCUT2D eigenvalue weighted by atomic mass is 16.5. The third-order valence-electron chi connectivity index (χ3n) is 6.61. The van der Waals surface area contributed by atoms with E-state index in [4.69, 9.17) is 15.0 Å². The van der Waals surface area contributed by atoms with Gasteiger partial charge in [0, 0.05) is 35.3 Å². The van der Waals surface area contributed by atoms with Crippen molar-refractivity contribution >= 4 is 0 Å². The average molecular weight is 450 g/mol. The lowest BCUT2D eigenvalue weighted by Gasteiger charge is -2.30. The quantitative estimate of drug-likeness (QED) is 0.186. The second-order valence-corrected chi connectivity index (χ2v) is 9.30. The normalized spacial score (nSPS) is 24.6. The van der Waals surface area contributed by atoms with Gasteiger partial charge >= 0.3 is 0 Å². The van der Waals surface area contributed by atoms with Gasteiger partial charge in [-0.1, -0.05) is 53.7 Å². The molecule has 7 nitrogen and oxygen atoms in total. The lowest BCUT2D eigenvalue weighted by Crippen LogP contribution is -2.41. The van der Waals surface area contributed by atoms with Crippen LogP contribution in [0.25, 0.3) is 10.4 Å². The molecule has 0 aromatic heterocycles. The fourth-order valence-electron chi connectivity index (χ4n) is 4.87. The summed E-state index contributed by atoms with van der Waals surface area (Å²) >= 11 is 0. The molecule has 0 unspecified atom stereocenters. The van der Waals surface area contributed by atoms with Crippen molar-refractivity contribution in [2.45, 2.75) is 62.9 Å². The van der Waals surface area contributed by atoms with Crippen LogP contribution in [0.5, 0.6) is 11.5 Å². The highest BCUT2D eigenvalue weighted by molar-refractivity contribution is 5.49. The first-order valence-electron chi connectivity index (χ1n) is 11.5. The minimum absolute atomic E-state index is 0.0358. The number of aliphatic hydroxyl groups excluding tert-OH is 2. The van der Waals surface area contributed by atoms with Gasteiger partial charge in [0.05, 0.1) is 6.10 Å². The SMILES string of the molecule is CC(C)(Oc1ccccc1)[C@@H](O)/C=C/[C@@H]1[C@H]2c3cccc(CCCN=[N+]=[N-])c3O[C@H]2C[C@H]1O. The summed E-state index contributed by atoms with van der Waals surface area (Å²) in [6, 6.07) is 15.6. The van der Waals surface area contributed by atoms with Gasteiger partial charge in [-0.2, -0.15) is 0 Å². The van der Waals surface area contributed by atoms with E-state index in [0.717, 1.165) is 29.7 Å². The van der Waals surface area contributed by atoms with Gasteiger partial charge < -0.3 is 19.7 Å². The van der Waals surface area contributed by atoms with Gasteiger partial charge in [0.15, 0.2) is 0 Å². The van der Waals surface area contributed by atoms with Crippen LogP contribution < -0.4 is 9.47 Å². The molecule has 0 amide bonds. The topological polar surface area (TPSA) is 108 Å². The van der Waals surface area contributed by atoms with Gasteiger partial charge in [-0.15, -0.1) is 0 Å². The number of aliphatic hydroxyl groups is 2. The summed E-state index contributed by atoms with van der Waals surface area (Å²) in [5.74, 6) is 1.47. The molecule has 0 radical (unpaired) electrons. The van der Waals surface area contributed by atoms with Gasteiger partial charge in [0.2, 0.25) is 0 Å². The van der Waals surface area contributed by atoms with Crippen molar-refractivity contribution in [1.29, 1.82) is 0 Å². The molecule has 0 bridgehead atoms. The Hall–Kier alpha value is -2.99. The van der Waals surface area contributed by atoms with Crippen LogP contribution in [0.3, 0.4) is 0 Å². The molecule has 1 aliphatic carbocycles.